The Bertz CT molecular complexity index is 1330. The summed E-state index contributed by atoms with van der Waals surface area (Å²) < 4.78 is 15.2. The predicted molar refractivity (Wildman–Crippen MR) is 128 cm³/mol. The summed E-state index contributed by atoms with van der Waals surface area (Å²) in [6.07, 6.45) is 3.69. The van der Waals surface area contributed by atoms with Crippen LogP contribution in [0.4, 0.5) is 10.1 Å². The molecule has 1 saturated carbocycles. The van der Waals surface area contributed by atoms with Crippen LogP contribution in [0, 0.1) is 11.7 Å². The third kappa shape index (κ3) is 4.88. The Hall–Kier alpha value is -4.26. The molecule has 170 valence electrons. The number of halogens is 1. The standard InChI is InChI=1S/C27H23FN4O2/c28-22-13-11-18(12-14-22)25-21(17-32(31-25)24-7-2-1-3-8-24)16-29-26(33)20-5-4-6-23(15-20)30-27(34)19-9-10-19/h1-8,11-15,17,19H,9-10,16H2,(H,29,33)(H,30,34). The average molecular weight is 455 g/mol. The van der Waals surface area contributed by atoms with Crippen molar-refractivity contribution >= 4 is 17.5 Å². The topological polar surface area (TPSA) is 76.0 Å². The number of aromatic nitrogens is 2. The van der Waals surface area contributed by atoms with Crippen LogP contribution in [0.2, 0.25) is 0 Å². The van der Waals surface area contributed by atoms with Crippen molar-refractivity contribution in [1.29, 1.82) is 0 Å². The fourth-order valence-corrected chi connectivity index (χ4v) is 3.71. The van der Waals surface area contributed by atoms with Gasteiger partial charge in [-0.05, 0) is 67.4 Å². The Labute approximate surface area is 196 Å². The van der Waals surface area contributed by atoms with Crippen LogP contribution in [0.3, 0.4) is 0 Å². The lowest BCUT2D eigenvalue weighted by molar-refractivity contribution is -0.117. The number of nitrogens with one attached hydrogen (secondary N) is 2. The third-order valence-electron chi connectivity index (χ3n) is 5.71. The van der Waals surface area contributed by atoms with Crippen molar-refractivity contribution < 1.29 is 14.0 Å². The average Bonchev–Trinajstić information content (AvgIpc) is 3.63. The molecule has 0 spiro atoms. The van der Waals surface area contributed by atoms with Crippen LogP contribution >= 0.6 is 0 Å². The van der Waals surface area contributed by atoms with Crippen molar-refractivity contribution in [2.24, 2.45) is 5.92 Å². The van der Waals surface area contributed by atoms with Crippen molar-refractivity contribution in [3.8, 4) is 16.9 Å². The molecule has 4 aromatic rings. The highest BCUT2D eigenvalue weighted by atomic mass is 19.1. The molecule has 0 aliphatic heterocycles. The van der Waals surface area contributed by atoms with Gasteiger partial charge in [0.1, 0.15) is 5.82 Å². The molecule has 34 heavy (non-hydrogen) atoms. The smallest absolute Gasteiger partial charge is 0.251 e. The largest absolute Gasteiger partial charge is 0.348 e. The number of carbonyl (C=O) groups is 2. The number of carbonyl (C=O) groups excluding carboxylic acids is 2. The van der Waals surface area contributed by atoms with Crippen LogP contribution in [0.5, 0.6) is 0 Å². The number of hydrogen-bond acceptors (Lipinski definition) is 3. The molecule has 0 radical (unpaired) electrons. The van der Waals surface area contributed by atoms with E-state index < -0.39 is 0 Å². The molecule has 1 aromatic heterocycles. The molecule has 5 rings (SSSR count). The van der Waals surface area contributed by atoms with E-state index >= 15 is 0 Å². The summed E-state index contributed by atoms with van der Waals surface area (Å²) in [6.45, 7) is 0.233. The molecule has 1 aliphatic carbocycles. The van der Waals surface area contributed by atoms with E-state index in [0.29, 0.717) is 16.9 Å². The van der Waals surface area contributed by atoms with E-state index in [0.717, 1.165) is 29.7 Å². The van der Waals surface area contributed by atoms with Gasteiger partial charge in [0.25, 0.3) is 5.91 Å². The Balaban J connectivity index is 1.36. The highest BCUT2D eigenvalue weighted by molar-refractivity contribution is 5.98. The second-order valence-electron chi connectivity index (χ2n) is 8.32. The molecule has 6 nitrogen and oxygen atoms in total. The third-order valence-corrected chi connectivity index (χ3v) is 5.71. The molecular formula is C27H23FN4O2. The fourth-order valence-electron chi connectivity index (χ4n) is 3.71. The van der Waals surface area contributed by atoms with Gasteiger partial charge in [-0.25, -0.2) is 9.07 Å². The first-order chi connectivity index (χ1) is 16.6. The number of nitrogens with zero attached hydrogens (tertiary/aromatic N) is 2. The number of anilines is 1. The van der Waals surface area contributed by atoms with Crippen LogP contribution in [0.1, 0.15) is 28.8 Å². The minimum absolute atomic E-state index is 0.00479. The minimum Gasteiger partial charge on any atom is -0.348 e. The van der Waals surface area contributed by atoms with E-state index in [1.807, 2.05) is 36.5 Å². The van der Waals surface area contributed by atoms with Crippen LogP contribution in [0.25, 0.3) is 16.9 Å². The van der Waals surface area contributed by atoms with Crippen molar-refractivity contribution in [1.82, 2.24) is 15.1 Å². The summed E-state index contributed by atoms with van der Waals surface area (Å²) in [6, 6.07) is 22.7. The zero-order valence-electron chi connectivity index (χ0n) is 18.4. The first-order valence-electron chi connectivity index (χ1n) is 11.2. The summed E-state index contributed by atoms with van der Waals surface area (Å²) in [5.74, 6) is -0.506. The zero-order chi connectivity index (χ0) is 23.5. The van der Waals surface area contributed by atoms with Gasteiger partial charge in [0.15, 0.2) is 0 Å². The Morgan fingerprint density at radius 1 is 0.971 bits per heavy atom. The summed E-state index contributed by atoms with van der Waals surface area (Å²) in [5.41, 5.74) is 4.14. The SMILES string of the molecule is O=C(NCc1cn(-c2ccccc2)nc1-c1ccc(F)cc1)c1cccc(NC(=O)C2CC2)c1. The van der Waals surface area contributed by atoms with Gasteiger partial charge in [0.05, 0.1) is 11.4 Å². The van der Waals surface area contributed by atoms with Crippen molar-refractivity contribution in [2.75, 3.05) is 5.32 Å². The molecule has 0 saturated heterocycles. The molecule has 2 amide bonds. The summed E-state index contributed by atoms with van der Waals surface area (Å²) >= 11 is 0. The van der Waals surface area contributed by atoms with E-state index in [1.165, 1.54) is 12.1 Å². The van der Waals surface area contributed by atoms with Crippen LogP contribution < -0.4 is 10.6 Å². The maximum Gasteiger partial charge on any atom is 0.251 e. The Kier molecular flexibility index (Phi) is 5.91. The van der Waals surface area contributed by atoms with Crippen LogP contribution in [0.15, 0.2) is 85.1 Å². The normalized spacial score (nSPS) is 12.9. The molecule has 0 atom stereocenters. The highest BCUT2D eigenvalue weighted by Crippen LogP contribution is 2.30. The quantitative estimate of drug-likeness (QED) is 0.415. The van der Waals surface area contributed by atoms with Crippen molar-refractivity contribution in [3.63, 3.8) is 0 Å². The maximum atomic E-state index is 13.5. The monoisotopic (exact) mass is 454 g/mol. The Morgan fingerprint density at radius 3 is 2.47 bits per heavy atom. The van der Waals surface area contributed by atoms with E-state index in [4.69, 9.17) is 5.10 Å². The first kappa shape index (κ1) is 21.6. The van der Waals surface area contributed by atoms with Gasteiger partial charge in [-0.15, -0.1) is 0 Å². The van der Waals surface area contributed by atoms with E-state index in [-0.39, 0.29) is 30.1 Å². The fraction of sp³-hybridized carbons (Fsp3) is 0.148. The first-order valence-corrected chi connectivity index (χ1v) is 11.2. The summed E-state index contributed by atoms with van der Waals surface area (Å²) in [4.78, 5) is 24.9. The Morgan fingerprint density at radius 2 is 1.74 bits per heavy atom. The maximum absolute atomic E-state index is 13.5. The molecule has 1 aliphatic rings. The van der Waals surface area contributed by atoms with Gasteiger partial charge < -0.3 is 10.6 Å². The van der Waals surface area contributed by atoms with E-state index in [9.17, 15) is 14.0 Å². The van der Waals surface area contributed by atoms with Crippen molar-refractivity contribution in [3.05, 3.63) is 102 Å². The number of benzene rings is 3. The van der Waals surface area contributed by atoms with Crippen molar-refractivity contribution in [2.45, 2.75) is 19.4 Å². The molecule has 0 unspecified atom stereocenters. The molecular weight excluding hydrogens is 431 g/mol. The van der Waals surface area contributed by atoms with Gasteiger partial charge in [0.2, 0.25) is 5.91 Å². The lowest BCUT2D eigenvalue weighted by atomic mass is 10.1. The van der Waals surface area contributed by atoms with Crippen LogP contribution in [-0.4, -0.2) is 21.6 Å². The van der Waals surface area contributed by atoms with Gasteiger partial charge in [0, 0.05) is 41.0 Å². The molecule has 2 N–H and O–H groups in total. The molecule has 7 heteroatoms. The number of hydrogen-bond donors (Lipinski definition) is 2. The number of para-hydroxylation sites is 1. The molecule has 1 fully saturated rings. The van der Waals surface area contributed by atoms with Gasteiger partial charge >= 0.3 is 0 Å². The zero-order valence-corrected chi connectivity index (χ0v) is 18.4. The number of amides is 2. The summed E-state index contributed by atoms with van der Waals surface area (Å²) in [5, 5.41) is 10.5. The lowest BCUT2D eigenvalue weighted by Crippen LogP contribution is -2.23. The minimum atomic E-state index is -0.324. The second kappa shape index (κ2) is 9.31. The molecule has 0 bridgehead atoms. The second-order valence-corrected chi connectivity index (χ2v) is 8.32. The molecule has 1 heterocycles. The summed E-state index contributed by atoms with van der Waals surface area (Å²) in [7, 11) is 0. The van der Waals surface area contributed by atoms with Gasteiger partial charge in [-0.3, -0.25) is 9.59 Å². The lowest BCUT2D eigenvalue weighted by Gasteiger charge is -2.08. The predicted octanol–water partition coefficient (Wildman–Crippen LogP) is 4.96. The highest BCUT2D eigenvalue weighted by Gasteiger charge is 2.29. The van der Waals surface area contributed by atoms with Crippen LogP contribution in [-0.2, 0) is 11.3 Å². The number of rotatable bonds is 7. The van der Waals surface area contributed by atoms with Gasteiger partial charge in [-0.2, -0.15) is 5.10 Å². The van der Waals surface area contributed by atoms with E-state index in [2.05, 4.69) is 10.6 Å². The van der Waals surface area contributed by atoms with E-state index in [1.54, 1.807) is 41.1 Å². The van der Waals surface area contributed by atoms with Gasteiger partial charge in [-0.1, -0.05) is 24.3 Å². The molecule has 3 aromatic carbocycles.